The lowest BCUT2D eigenvalue weighted by atomic mass is 10.0. The summed E-state index contributed by atoms with van der Waals surface area (Å²) in [6.45, 7) is 3.41. The maximum atomic E-state index is 13.6. The fourth-order valence-electron chi connectivity index (χ4n) is 5.44. The van der Waals surface area contributed by atoms with Gasteiger partial charge in [0, 0.05) is 50.0 Å². The van der Waals surface area contributed by atoms with E-state index in [9.17, 15) is 14.4 Å². The van der Waals surface area contributed by atoms with E-state index in [0.29, 0.717) is 34.3 Å². The van der Waals surface area contributed by atoms with Crippen molar-refractivity contribution < 1.29 is 14.3 Å². The number of rotatable bonds is 7. The van der Waals surface area contributed by atoms with Crippen LogP contribution in [-0.2, 0) is 18.4 Å². The largest absolute Gasteiger partial charge is 0.493 e. The number of Topliss-reactive ketones (excluding diaryl/α,β-unsaturated/α-hetero) is 1. The standard InChI is InChI=1S/C29H33N5O4/c1-19-17-23-25(29(37)34(19)18-24(35)20-7-5-4-6-8-20)27(38-3)26(32(23)2)28(36)31-21-11-15-33(16-12-21)22-9-13-30-14-10-22/h4-5,7,9-10,13-14,17,21H,6,8,11-12,15-16,18H2,1-3H3,(H,31,36). The molecule has 0 unspecified atom stereocenters. The molecule has 0 aromatic carbocycles. The Bertz CT molecular complexity index is 1490. The highest BCUT2D eigenvalue weighted by Gasteiger charge is 2.29. The molecule has 9 heteroatoms. The molecular formula is C29H33N5O4. The minimum atomic E-state index is -0.336. The van der Waals surface area contributed by atoms with Crippen LogP contribution in [0, 0.1) is 6.92 Å². The highest BCUT2D eigenvalue weighted by molar-refractivity contribution is 6.04. The van der Waals surface area contributed by atoms with Crippen LogP contribution in [0.5, 0.6) is 5.75 Å². The lowest BCUT2D eigenvalue weighted by Crippen LogP contribution is -2.45. The molecule has 198 valence electrons. The number of carbonyl (C=O) groups excluding carboxylic acids is 2. The molecule has 0 bridgehead atoms. The number of aryl methyl sites for hydroxylation is 2. The van der Waals surface area contributed by atoms with E-state index in [2.05, 4.69) is 15.2 Å². The molecule has 1 fully saturated rings. The summed E-state index contributed by atoms with van der Waals surface area (Å²) < 4.78 is 8.84. The van der Waals surface area contributed by atoms with Gasteiger partial charge < -0.3 is 24.1 Å². The third-order valence-electron chi connectivity index (χ3n) is 7.58. The highest BCUT2D eigenvalue weighted by atomic mass is 16.5. The van der Waals surface area contributed by atoms with E-state index in [0.717, 1.165) is 38.0 Å². The van der Waals surface area contributed by atoms with Gasteiger partial charge in [0.2, 0.25) is 0 Å². The molecule has 0 saturated carbocycles. The van der Waals surface area contributed by atoms with E-state index in [1.54, 1.807) is 30.9 Å². The highest BCUT2D eigenvalue weighted by Crippen LogP contribution is 2.31. The van der Waals surface area contributed by atoms with E-state index in [1.807, 2.05) is 36.4 Å². The number of hydrogen-bond acceptors (Lipinski definition) is 6. The van der Waals surface area contributed by atoms with Crippen molar-refractivity contribution in [1.29, 1.82) is 0 Å². The second-order valence-corrected chi connectivity index (χ2v) is 9.90. The van der Waals surface area contributed by atoms with Gasteiger partial charge in [0.1, 0.15) is 5.39 Å². The average molecular weight is 516 g/mol. The molecule has 2 aliphatic rings. The zero-order chi connectivity index (χ0) is 26.8. The van der Waals surface area contributed by atoms with Gasteiger partial charge in [-0.3, -0.25) is 19.4 Å². The van der Waals surface area contributed by atoms with Gasteiger partial charge >= 0.3 is 0 Å². The molecular weight excluding hydrogens is 482 g/mol. The molecule has 0 radical (unpaired) electrons. The van der Waals surface area contributed by atoms with Gasteiger partial charge in [-0.1, -0.05) is 18.2 Å². The molecule has 4 heterocycles. The lowest BCUT2D eigenvalue weighted by Gasteiger charge is -2.33. The molecule has 3 aromatic rings. The van der Waals surface area contributed by atoms with Gasteiger partial charge in [-0.05, 0) is 56.4 Å². The predicted molar refractivity (Wildman–Crippen MR) is 147 cm³/mol. The maximum Gasteiger partial charge on any atom is 0.272 e. The van der Waals surface area contributed by atoms with Crippen molar-refractivity contribution in [1.82, 2.24) is 19.4 Å². The molecule has 3 aromatic heterocycles. The Kier molecular flexibility index (Phi) is 7.18. The van der Waals surface area contributed by atoms with Gasteiger partial charge in [-0.2, -0.15) is 0 Å². The van der Waals surface area contributed by atoms with E-state index in [1.165, 1.54) is 11.7 Å². The van der Waals surface area contributed by atoms with Crippen LogP contribution in [0.3, 0.4) is 0 Å². The molecule has 9 nitrogen and oxygen atoms in total. The number of fused-ring (bicyclic) bond motifs is 1. The minimum absolute atomic E-state index is 0.0112. The zero-order valence-corrected chi connectivity index (χ0v) is 22.1. The molecule has 1 N–H and O–H groups in total. The first-order chi connectivity index (χ1) is 18.4. The number of ketones is 1. The number of hydrogen-bond donors (Lipinski definition) is 1. The number of anilines is 1. The summed E-state index contributed by atoms with van der Waals surface area (Å²) in [5.41, 5.74) is 3.07. The number of pyridine rings is 2. The number of allylic oxidation sites excluding steroid dienone is 4. The molecule has 0 atom stereocenters. The summed E-state index contributed by atoms with van der Waals surface area (Å²) >= 11 is 0. The molecule has 1 saturated heterocycles. The first kappa shape index (κ1) is 25.5. The van der Waals surface area contributed by atoms with E-state index in [-0.39, 0.29) is 35.6 Å². The van der Waals surface area contributed by atoms with Crippen LogP contribution < -0.4 is 20.5 Å². The van der Waals surface area contributed by atoms with Crippen molar-refractivity contribution in [2.45, 2.75) is 45.2 Å². The van der Waals surface area contributed by atoms with Crippen LogP contribution in [0.1, 0.15) is 41.9 Å². The average Bonchev–Trinajstić information content (AvgIpc) is 3.23. The fourth-order valence-corrected chi connectivity index (χ4v) is 5.44. The van der Waals surface area contributed by atoms with Crippen LogP contribution in [0.25, 0.3) is 10.9 Å². The van der Waals surface area contributed by atoms with Gasteiger partial charge in [0.05, 0.1) is 19.2 Å². The number of aromatic nitrogens is 3. The zero-order valence-electron chi connectivity index (χ0n) is 22.1. The Balaban J connectivity index is 1.39. The van der Waals surface area contributed by atoms with Crippen LogP contribution in [0.2, 0.25) is 0 Å². The van der Waals surface area contributed by atoms with Crippen molar-refractivity contribution in [3.05, 3.63) is 76.1 Å². The van der Waals surface area contributed by atoms with Crippen molar-refractivity contribution in [3.8, 4) is 5.75 Å². The fraction of sp³-hybridized carbons (Fsp3) is 0.379. The lowest BCUT2D eigenvalue weighted by molar-refractivity contribution is -0.116. The van der Waals surface area contributed by atoms with Crippen LogP contribution in [0.4, 0.5) is 5.69 Å². The summed E-state index contributed by atoms with van der Waals surface area (Å²) in [7, 11) is 3.23. The van der Waals surface area contributed by atoms with E-state index < -0.39 is 0 Å². The molecule has 1 aliphatic heterocycles. The summed E-state index contributed by atoms with van der Waals surface area (Å²) in [4.78, 5) is 46.4. The number of amides is 1. The van der Waals surface area contributed by atoms with Gasteiger partial charge in [-0.15, -0.1) is 0 Å². The first-order valence-electron chi connectivity index (χ1n) is 13.0. The third kappa shape index (κ3) is 4.76. The number of ether oxygens (including phenoxy) is 1. The normalized spacial score (nSPS) is 16.0. The summed E-state index contributed by atoms with van der Waals surface area (Å²) in [6.07, 6.45) is 12.4. The number of nitrogens with zero attached hydrogens (tertiary/aromatic N) is 4. The summed E-state index contributed by atoms with van der Waals surface area (Å²) in [5, 5.41) is 3.46. The summed E-state index contributed by atoms with van der Waals surface area (Å²) in [5.74, 6) is -0.119. The van der Waals surface area contributed by atoms with Crippen LogP contribution >= 0.6 is 0 Å². The molecule has 5 rings (SSSR count). The van der Waals surface area contributed by atoms with Gasteiger partial charge in [0.15, 0.2) is 17.2 Å². The number of carbonyl (C=O) groups is 2. The Morgan fingerprint density at radius 2 is 1.92 bits per heavy atom. The molecule has 1 amide bonds. The molecule has 1 aliphatic carbocycles. The van der Waals surface area contributed by atoms with E-state index >= 15 is 0 Å². The van der Waals surface area contributed by atoms with Crippen LogP contribution in [-0.4, -0.2) is 52.0 Å². The number of piperidine rings is 1. The minimum Gasteiger partial charge on any atom is -0.493 e. The maximum absolute atomic E-state index is 13.6. The Labute approximate surface area is 221 Å². The number of nitrogens with one attached hydrogen (secondary N) is 1. The molecule has 38 heavy (non-hydrogen) atoms. The van der Waals surface area contributed by atoms with Crippen molar-refractivity contribution in [3.63, 3.8) is 0 Å². The van der Waals surface area contributed by atoms with Crippen molar-refractivity contribution in [2.75, 3.05) is 25.1 Å². The SMILES string of the molecule is COc1c(C(=O)NC2CCN(c3ccncc3)CC2)n(C)c2cc(C)n(CC(=O)C3=CC=CCC3)c(=O)c12. The third-order valence-corrected chi connectivity index (χ3v) is 7.58. The second-order valence-electron chi connectivity index (χ2n) is 9.90. The molecule has 0 spiro atoms. The smallest absolute Gasteiger partial charge is 0.272 e. The second kappa shape index (κ2) is 10.7. The quantitative estimate of drug-likeness (QED) is 0.519. The van der Waals surface area contributed by atoms with Crippen LogP contribution in [0.15, 0.2) is 59.2 Å². The Morgan fingerprint density at radius 1 is 1.18 bits per heavy atom. The van der Waals surface area contributed by atoms with Crippen molar-refractivity contribution >= 4 is 28.3 Å². The van der Waals surface area contributed by atoms with Gasteiger partial charge in [0.25, 0.3) is 11.5 Å². The first-order valence-corrected chi connectivity index (χ1v) is 13.0. The van der Waals surface area contributed by atoms with E-state index in [4.69, 9.17) is 4.74 Å². The Hall–Kier alpha value is -4.14. The summed E-state index contributed by atoms with van der Waals surface area (Å²) in [6, 6.07) is 5.83. The monoisotopic (exact) mass is 515 g/mol. The van der Waals surface area contributed by atoms with Crippen molar-refractivity contribution in [2.24, 2.45) is 7.05 Å². The topological polar surface area (TPSA) is 98.5 Å². The van der Waals surface area contributed by atoms with Gasteiger partial charge in [-0.25, -0.2) is 0 Å². The number of methoxy groups -OCH3 is 1. The predicted octanol–water partition coefficient (Wildman–Crippen LogP) is 3.30. The Morgan fingerprint density at radius 3 is 2.58 bits per heavy atom.